The Hall–Kier alpha value is -2.48. The second-order valence-electron chi connectivity index (χ2n) is 3.92. The fourth-order valence-corrected chi connectivity index (χ4v) is 2.09. The maximum absolute atomic E-state index is 13.3. The van der Waals surface area contributed by atoms with Gasteiger partial charge in [0.05, 0.1) is 4.92 Å². The van der Waals surface area contributed by atoms with Crippen LogP contribution in [0.1, 0.15) is 10.4 Å². The zero-order valence-corrected chi connectivity index (χ0v) is 11.8. The van der Waals surface area contributed by atoms with E-state index in [2.05, 4.69) is 15.9 Å². The first-order valence-corrected chi connectivity index (χ1v) is 6.32. The number of hydrogen-bond acceptors (Lipinski definition) is 4. The van der Waals surface area contributed by atoms with Gasteiger partial charge in [-0.25, -0.2) is 9.18 Å². The SMILES string of the molecule is O=C(O)c1cccc([N+](=O)[O-])c1Oc1cc(F)cc(Br)c1. The highest BCUT2D eigenvalue weighted by Crippen LogP contribution is 2.35. The molecule has 108 valence electrons. The first kappa shape index (κ1) is 14.9. The van der Waals surface area contributed by atoms with Gasteiger partial charge in [-0.05, 0) is 18.2 Å². The molecule has 0 saturated carbocycles. The predicted molar refractivity (Wildman–Crippen MR) is 74.2 cm³/mol. The molecular weight excluding hydrogens is 349 g/mol. The van der Waals surface area contributed by atoms with Gasteiger partial charge in [0, 0.05) is 16.6 Å². The van der Waals surface area contributed by atoms with Crippen LogP contribution in [-0.2, 0) is 0 Å². The standard InChI is InChI=1S/C13H7BrFNO5/c14-7-4-8(15)6-9(5-7)21-12-10(13(17)18)2-1-3-11(12)16(19)20/h1-6H,(H,17,18). The third-order valence-corrected chi connectivity index (χ3v) is 2.94. The number of rotatable bonds is 4. The summed E-state index contributed by atoms with van der Waals surface area (Å²) < 4.78 is 18.9. The normalized spacial score (nSPS) is 10.2. The molecule has 0 fully saturated rings. The molecule has 0 aromatic heterocycles. The highest BCUT2D eigenvalue weighted by atomic mass is 79.9. The summed E-state index contributed by atoms with van der Waals surface area (Å²) in [6.07, 6.45) is 0. The highest BCUT2D eigenvalue weighted by Gasteiger charge is 2.23. The van der Waals surface area contributed by atoms with Crippen LogP contribution >= 0.6 is 15.9 Å². The van der Waals surface area contributed by atoms with Crippen LogP contribution in [0.3, 0.4) is 0 Å². The van der Waals surface area contributed by atoms with E-state index in [9.17, 15) is 19.3 Å². The van der Waals surface area contributed by atoms with Gasteiger partial charge in [-0.1, -0.05) is 22.0 Å². The summed E-state index contributed by atoms with van der Waals surface area (Å²) in [5.41, 5.74) is -0.903. The number of para-hydroxylation sites is 1. The number of halogens is 2. The molecule has 0 atom stereocenters. The highest BCUT2D eigenvalue weighted by molar-refractivity contribution is 9.10. The number of nitro groups is 1. The van der Waals surface area contributed by atoms with Crippen LogP contribution in [0.4, 0.5) is 10.1 Å². The van der Waals surface area contributed by atoms with Gasteiger partial charge >= 0.3 is 11.7 Å². The molecule has 2 aromatic carbocycles. The largest absolute Gasteiger partial charge is 0.478 e. The molecule has 2 aromatic rings. The van der Waals surface area contributed by atoms with E-state index < -0.39 is 28.1 Å². The summed E-state index contributed by atoms with van der Waals surface area (Å²) in [6.45, 7) is 0. The average molecular weight is 356 g/mol. The summed E-state index contributed by atoms with van der Waals surface area (Å²) in [5.74, 6) is -2.52. The first-order chi connectivity index (χ1) is 9.88. The molecule has 0 heterocycles. The zero-order valence-electron chi connectivity index (χ0n) is 10.2. The minimum atomic E-state index is -1.39. The smallest absolute Gasteiger partial charge is 0.339 e. The number of carbonyl (C=O) groups is 1. The summed E-state index contributed by atoms with van der Waals surface area (Å²) >= 11 is 3.05. The van der Waals surface area contributed by atoms with Crippen molar-refractivity contribution in [1.29, 1.82) is 0 Å². The Labute approximate surface area is 126 Å². The van der Waals surface area contributed by atoms with Crippen molar-refractivity contribution in [3.05, 3.63) is 62.4 Å². The Morgan fingerprint density at radius 1 is 1.33 bits per heavy atom. The van der Waals surface area contributed by atoms with Crippen LogP contribution in [0.15, 0.2) is 40.9 Å². The molecular formula is C13H7BrFNO5. The first-order valence-electron chi connectivity index (χ1n) is 5.53. The number of nitro benzene ring substituents is 1. The second-order valence-corrected chi connectivity index (χ2v) is 4.84. The molecule has 8 heteroatoms. The lowest BCUT2D eigenvalue weighted by Crippen LogP contribution is -2.03. The van der Waals surface area contributed by atoms with Gasteiger partial charge in [-0.3, -0.25) is 10.1 Å². The van der Waals surface area contributed by atoms with Gasteiger partial charge < -0.3 is 9.84 Å². The number of carboxylic acids is 1. The number of hydrogen-bond donors (Lipinski definition) is 1. The number of benzene rings is 2. The van der Waals surface area contributed by atoms with Gasteiger partial charge in [-0.15, -0.1) is 0 Å². The quantitative estimate of drug-likeness (QED) is 0.661. The molecule has 0 aliphatic carbocycles. The van der Waals surface area contributed by atoms with Crippen LogP contribution in [0.2, 0.25) is 0 Å². The van der Waals surface area contributed by atoms with Crippen LogP contribution < -0.4 is 4.74 Å². The minimum absolute atomic E-state index is 0.0568. The van der Waals surface area contributed by atoms with Gasteiger partial charge in [0.1, 0.15) is 17.1 Å². The van der Waals surface area contributed by atoms with E-state index >= 15 is 0 Å². The summed E-state index contributed by atoms with van der Waals surface area (Å²) in [6, 6.07) is 7.04. The molecule has 1 N–H and O–H groups in total. The Morgan fingerprint density at radius 3 is 2.62 bits per heavy atom. The van der Waals surface area contributed by atoms with Crippen LogP contribution in [0.25, 0.3) is 0 Å². The lowest BCUT2D eigenvalue weighted by atomic mass is 10.1. The van der Waals surface area contributed by atoms with Crippen molar-refractivity contribution in [2.75, 3.05) is 0 Å². The Bertz CT molecular complexity index is 682. The second kappa shape index (κ2) is 5.88. The lowest BCUT2D eigenvalue weighted by Gasteiger charge is -2.09. The fraction of sp³-hybridized carbons (Fsp3) is 0. The third-order valence-electron chi connectivity index (χ3n) is 2.48. The summed E-state index contributed by atoms with van der Waals surface area (Å²) in [5, 5.41) is 20.0. The molecule has 21 heavy (non-hydrogen) atoms. The third kappa shape index (κ3) is 3.34. The Kier molecular flexibility index (Phi) is 4.18. The van der Waals surface area contributed by atoms with E-state index in [4.69, 9.17) is 9.84 Å². The molecule has 6 nitrogen and oxygen atoms in total. The number of ether oxygens (including phenoxy) is 1. The Morgan fingerprint density at radius 2 is 2.05 bits per heavy atom. The van der Waals surface area contributed by atoms with Crippen molar-refractivity contribution in [2.24, 2.45) is 0 Å². The molecule has 0 amide bonds. The topological polar surface area (TPSA) is 89.7 Å². The van der Waals surface area contributed by atoms with Crippen LogP contribution in [-0.4, -0.2) is 16.0 Å². The minimum Gasteiger partial charge on any atom is -0.478 e. The lowest BCUT2D eigenvalue weighted by molar-refractivity contribution is -0.385. The number of aromatic carboxylic acids is 1. The van der Waals surface area contributed by atoms with Gasteiger partial charge in [0.25, 0.3) is 0 Å². The summed E-state index contributed by atoms with van der Waals surface area (Å²) in [7, 11) is 0. The van der Waals surface area contributed by atoms with E-state index in [1.807, 2.05) is 0 Å². The predicted octanol–water partition coefficient (Wildman–Crippen LogP) is 3.99. The maximum Gasteiger partial charge on any atom is 0.339 e. The van der Waals surface area contributed by atoms with Crippen molar-refractivity contribution in [3.63, 3.8) is 0 Å². The Balaban J connectivity index is 2.56. The van der Waals surface area contributed by atoms with Crippen molar-refractivity contribution in [3.8, 4) is 11.5 Å². The molecule has 0 spiro atoms. The van der Waals surface area contributed by atoms with Gasteiger partial charge in [-0.2, -0.15) is 0 Å². The van der Waals surface area contributed by atoms with Crippen molar-refractivity contribution >= 4 is 27.6 Å². The molecule has 0 radical (unpaired) electrons. The van der Waals surface area contributed by atoms with Crippen molar-refractivity contribution < 1.29 is 24.0 Å². The molecule has 0 bridgehead atoms. The van der Waals surface area contributed by atoms with E-state index in [1.165, 1.54) is 24.3 Å². The maximum atomic E-state index is 13.3. The van der Waals surface area contributed by atoms with E-state index in [0.717, 1.165) is 12.1 Å². The van der Waals surface area contributed by atoms with E-state index in [0.29, 0.717) is 4.47 Å². The molecule has 0 aliphatic rings. The van der Waals surface area contributed by atoms with Gasteiger partial charge in [0.2, 0.25) is 5.75 Å². The summed E-state index contributed by atoms with van der Waals surface area (Å²) in [4.78, 5) is 21.3. The number of nitrogens with zero attached hydrogens (tertiary/aromatic N) is 1. The molecule has 0 saturated heterocycles. The average Bonchev–Trinajstić information content (AvgIpc) is 2.37. The molecule has 0 unspecified atom stereocenters. The van der Waals surface area contributed by atoms with E-state index in [-0.39, 0.29) is 11.3 Å². The van der Waals surface area contributed by atoms with Gasteiger partial charge in [0.15, 0.2) is 0 Å². The molecule has 2 rings (SSSR count). The number of carboxylic acid groups (broad SMARTS) is 1. The zero-order chi connectivity index (χ0) is 15.6. The van der Waals surface area contributed by atoms with Crippen molar-refractivity contribution in [1.82, 2.24) is 0 Å². The monoisotopic (exact) mass is 355 g/mol. The molecule has 0 aliphatic heterocycles. The van der Waals surface area contributed by atoms with Crippen LogP contribution in [0.5, 0.6) is 11.5 Å². The van der Waals surface area contributed by atoms with E-state index in [1.54, 1.807) is 0 Å². The fourth-order valence-electron chi connectivity index (χ4n) is 1.65. The van der Waals surface area contributed by atoms with Crippen LogP contribution in [0, 0.1) is 15.9 Å². The van der Waals surface area contributed by atoms with Crippen molar-refractivity contribution in [2.45, 2.75) is 0 Å².